The average molecular weight is 373 g/mol. The largest absolute Gasteiger partial charge is 0.477 e. The van der Waals surface area contributed by atoms with Crippen LogP contribution in [0.5, 0.6) is 0 Å². The maximum Gasteiger partial charge on any atom is 0.341 e. The number of carbonyl (C=O) groups is 2. The number of anilines is 1. The lowest BCUT2D eigenvalue weighted by Gasteiger charge is -2.36. The fourth-order valence-electron chi connectivity index (χ4n) is 3.35. The van der Waals surface area contributed by atoms with E-state index in [0.717, 1.165) is 6.07 Å². The van der Waals surface area contributed by atoms with E-state index in [-0.39, 0.29) is 16.9 Å². The molecule has 7 nitrogen and oxygen atoms in total. The lowest BCUT2D eigenvalue weighted by atomic mass is 10.1. The molecular weight excluding hydrogens is 353 g/mol. The Balaban J connectivity index is 2.04. The molecule has 3 rings (SSSR count). The number of fused-ring (bicyclic) bond motifs is 1. The molecule has 0 atom stereocenters. The summed E-state index contributed by atoms with van der Waals surface area (Å²) < 4.78 is 16.4. The third-order valence-electron chi connectivity index (χ3n) is 4.83. The highest BCUT2D eigenvalue weighted by atomic mass is 19.1. The number of carboxylic acids is 1. The zero-order valence-corrected chi connectivity index (χ0v) is 14.9. The van der Waals surface area contributed by atoms with E-state index in [0.29, 0.717) is 43.9 Å². The van der Waals surface area contributed by atoms with Gasteiger partial charge in [-0.3, -0.25) is 9.59 Å². The minimum Gasteiger partial charge on any atom is -0.477 e. The maximum absolute atomic E-state index is 14.7. The topological polar surface area (TPSA) is 82.8 Å². The van der Waals surface area contributed by atoms with Crippen LogP contribution in [-0.4, -0.2) is 52.6 Å². The Labute approximate surface area is 154 Å². The number of piperazine rings is 1. The van der Waals surface area contributed by atoms with Gasteiger partial charge >= 0.3 is 5.97 Å². The molecule has 2 heterocycles. The molecule has 1 aromatic carbocycles. The highest BCUT2D eigenvalue weighted by Gasteiger charge is 2.23. The molecule has 0 aliphatic carbocycles. The van der Waals surface area contributed by atoms with Gasteiger partial charge in [-0.2, -0.15) is 0 Å². The molecule has 1 N–H and O–H groups in total. The Bertz CT molecular complexity index is 991. The Hall–Kier alpha value is -3.16. The van der Waals surface area contributed by atoms with Crippen LogP contribution >= 0.6 is 0 Å². The Morgan fingerprint density at radius 3 is 2.48 bits per heavy atom. The first kappa shape index (κ1) is 18.6. The molecule has 1 aromatic heterocycles. The maximum atomic E-state index is 14.7. The molecule has 2 aromatic rings. The second kappa shape index (κ2) is 7.22. The molecule has 1 saturated heterocycles. The summed E-state index contributed by atoms with van der Waals surface area (Å²) in [6.07, 6.45) is 2.54. The number of aryl methyl sites for hydroxylation is 1. The number of benzene rings is 1. The summed E-state index contributed by atoms with van der Waals surface area (Å²) in [5.41, 5.74) is -0.270. The Kier molecular flexibility index (Phi) is 4.98. The van der Waals surface area contributed by atoms with Gasteiger partial charge in [-0.15, -0.1) is 0 Å². The molecule has 27 heavy (non-hydrogen) atoms. The molecule has 1 fully saturated rings. The van der Waals surface area contributed by atoms with E-state index in [2.05, 4.69) is 6.58 Å². The predicted octanol–water partition coefficient (Wildman–Crippen LogP) is 1.69. The smallest absolute Gasteiger partial charge is 0.341 e. The van der Waals surface area contributed by atoms with Crippen molar-refractivity contribution in [1.82, 2.24) is 9.47 Å². The van der Waals surface area contributed by atoms with E-state index in [1.54, 1.807) is 15.5 Å². The zero-order valence-electron chi connectivity index (χ0n) is 14.9. The summed E-state index contributed by atoms with van der Waals surface area (Å²) in [7, 11) is 0. The average Bonchev–Trinajstić information content (AvgIpc) is 2.67. The molecule has 0 saturated carbocycles. The van der Waals surface area contributed by atoms with Gasteiger partial charge in [0.25, 0.3) is 0 Å². The first-order valence-electron chi connectivity index (χ1n) is 8.63. The number of aromatic nitrogens is 1. The van der Waals surface area contributed by atoms with Crippen LogP contribution in [0.3, 0.4) is 0 Å². The molecule has 0 spiro atoms. The number of rotatable bonds is 4. The fourth-order valence-corrected chi connectivity index (χ4v) is 3.35. The van der Waals surface area contributed by atoms with Gasteiger partial charge < -0.3 is 19.5 Å². The summed E-state index contributed by atoms with van der Waals surface area (Å²) in [6.45, 7) is 7.51. The number of nitrogens with zero attached hydrogens (tertiary/aromatic N) is 3. The van der Waals surface area contributed by atoms with Crippen LogP contribution in [0.2, 0.25) is 0 Å². The molecule has 0 radical (unpaired) electrons. The van der Waals surface area contributed by atoms with E-state index in [9.17, 15) is 23.9 Å². The molecule has 1 aliphatic rings. The third-order valence-corrected chi connectivity index (χ3v) is 4.83. The van der Waals surface area contributed by atoms with Crippen molar-refractivity contribution < 1.29 is 19.1 Å². The first-order valence-corrected chi connectivity index (χ1v) is 8.63. The molecule has 1 amide bonds. The quantitative estimate of drug-likeness (QED) is 0.825. The lowest BCUT2D eigenvalue weighted by Crippen LogP contribution is -2.48. The van der Waals surface area contributed by atoms with Crippen LogP contribution in [0.25, 0.3) is 10.9 Å². The third kappa shape index (κ3) is 3.30. The SMILES string of the molecule is C=CC(=O)N1CCN(c2cc3c(cc2F)c(=O)c(C(=O)O)cn3CC)CC1. The molecule has 142 valence electrons. The highest BCUT2D eigenvalue weighted by molar-refractivity contribution is 5.93. The van der Waals surface area contributed by atoms with Gasteiger partial charge in [-0.1, -0.05) is 6.58 Å². The normalized spacial score (nSPS) is 14.4. The molecule has 0 bridgehead atoms. The van der Waals surface area contributed by atoms with Gasteiger partial charge in [0.1, 0.15) is 11.4 Å². The van der Waals surface area contributed by atoms with Crippen LogP contribution in [-0.2, 0) is 11.3 Å². The number of pyridine rings is 1. The van der Waals surface area contributed by atoms with Gasteiger partial charge in [-0.05, 0) is 25.1 Å². The number of hydrogen-bond acceptors (Lipinski definition) is 4. The van der Waals surface area contributed by atoms with Crippen LogP contribution < -0.4 is 10.3 Å². The van der Waals surface area contributed by atoms with Crippen molar-refractivity contribution in [2.45, 2.75) is 13.5 Å². The minimum atomic E-state index is -1.34. The van der Waals surface area contributed by atoms with Crippen molar-refractivity contribution in [1.29, 1.82) is 0 Å². The fraction of sp³-hybridized carbons (Fsp3) is 0.316. The number of carbonyl (C=O) groups excluding carboxylic acids is 1. The van der Waals surface area contributed by atoms with Crippen molar-refractivity contribution in [2.75, 3.05) is 31.1 Å². The Morgan fingerprint density at radius 2 is 1.93 bits per heavy atom. The number of halogens is 1. The standard InChI is InChI=1S/C19H20FN3O4/c1-3-17(24)23-7-5-22(6-8-23)16-10-15-12(9-14(16)20)18(25)13(19(26)27)11-21(15)4-2/h3,9-11H,1,4-8H2,2H3,(H,26,27). The van der Waals surface area contributed by atoms with E-state index < -0.39 is 17.2 Å². The number of carboxylic acid groups (broad SMARTS) is 1. The first-order chi connectivity index (χ1) is 12.9. The summed E-state index contributed by atoms with van der Waals surface area (Å²) in [6, 6.07) is 2.68. The number of amides is 1. The summed E-state index contributed by atoms with van der Waals surface area (Å²) >= 11 is 0. The number of aromatic carboxylic acids is 1. The van der Waals surface area contributed by atoms with Gasteiger partial charge in [0, 0.05) is 44.3 Å². The molecular formula is C19H20FN3O4. The van der Waals surface area contributed by atoms with Gasteiger partial charge in [0.2, 0.25) is 11.3 Å². The van der Waals surface area contributed by atoms with Crippen LogP contribution in [0, 0.1) is 5.82 Å². The van der Waals surface area contributed by atoms with Crippen LogP contribution in [0.15, 0.2) is 35.8 Å². The van der Waals surface area contributed by atoms with Crippen molar-refractivity contribution >= 4 is 28.5 Å². The van der Waals surface area contributed by atoms with E-state index in [1.165, 1.54) is 12.3 Å². The minimum absolute atomic E-state index is 0.0403. The number of hydrogen-bond donors (Lipinski definition) is 1. The van der Waals surface area contributed by atoms with Gasteiger partial charge in [0.05, 0.1) is 11.2 Å². The van der Waals surface area contributed by atoms with Crippen LogP contribution in [0.4, 0.5) is 10.1 Å². The summed E-state index contributed by atoms with van der Waals surface area (Å²) in [5, 5.41) is 9.25. The van der Waals surface area contributed by atoms with Crippen molar-refractivity contribution in [3.63, 3.8) is 0 Å². The lowest BCUT2D eigenvalue weighted by molar-refractivity contribution is -0.126. The predicted molar refractivity (Wildman–Crippen MR) is 99.8 cm³/mol. The second-order valence-corrected chi connectivity index (χ2v) is 6.30. The molecule has 0 unspecified atom stereocenters. The van der Waals surface area contributed by atoms with E-state index >= 15 is 0 Å². The second-order valence-electron chi connectivity index (χ2n) is 6.30. The van der Waals surface area contributed by atoms with E-state index in [4.69, 9.17) is 0 Å². The molecule has 1 aliphatic heterocycles. The van der Waals surface area contributed by atoms with E-state index in [1.807, 2.05) is 11.8 Å². The Morgan fingerprint density at radius 1 is 1.26 bits per heavy atom. The van der Waals surface area contributed by atoms with Crippen molar-refractivity contribution in [3.8, 4) is 0 Å². The van der Waals surface area contributed by atoms with Gasteiger partial charge in [0.15, 0.2) is 0 Å². The monoisotopic (exact) mass is 373 g/mol. The summed E-state index contributed by atoms with van der Waals surface area (Å²) in [5.74, 6) is -2.08. The van der Waals surface area contributed by atoms with Crippen LogP contribution in [0.1, 0.15) is 17.3 Å². The van der Waals surface area contributed by atoms with Gasteiger partial charge in [-0.25, -0.2) is 9.18 Å². The molecule has 8 heteroatoms. The van der Waals surface area contributed by atoms with Crippen molar-refractivity contribution in [2.24, 2.45) is 0 Å². The zero-order chi connectivity index (χ0) is 19.7. The summed E-state index contributed by atoms with van der Waals surface area (Å²) in [4.78, 5) is 38.8. The highest BCUT2D eigenvalue weighted by Crippen LogP contribution is 2.26. The van der Waals surface area contributed by atoms with Crippen molar-refractivity contribution in [3.05, 3.63) is 52.6 Å².